The van der Waals surface area contributed by atoms with Crippen LogP contribution in [0.4, 0.5) is 0 Å². The molecule has 1 aromatic heterocycles. The van der Waals surface area contributed by atoms with Gasteiger partial charge in [-0.25, -0.2) is 0 Å². The second-order valence-corrected chi connectivity index (χ2v) is 3.94. The predicted molar refractivity (Wildman–Crippen MR) is 63.7 cm³/mol. The summed E-state index contributed by atoms with van der Waals surface area (Å²) >= 11 is 0. The van der Waals surface area contributed by atoms with Gasteiger partial charge in [0.15, 0.2) is 0 Å². The first kappa shape index (κ1) is 11.5. The van der Waals surface area contributed by atoms with Crippen LogP contribution in [0.25, 0.3) is 0 Å². The molecular formula is C13H15NO3. The van der Waals surface area contributed by atoms with Gasteiger partial charge >= 0.3 is 0 Å². The Morgan fingerprint density at radius 2 is 1.94 bits per heavy atom. The Bertz CT molecular complexity index is 459. The maximum absolute atomic E-state index is 9.70. The Morgan fingerprint density at radius 1 is 1.24 bits per heavy atom. The maximum Gasteiger partial charge on any atom is 0.124 e. The van der Waals surface area contributed by atoms with Crippen molar-refractivity contribution in [3.05, 3.63) is 47.9 Å². The van der Waals surface area contributed by atoms with Gasteiger partial charge in [-0.1, -0.05) is 6.07 Å². The molecule has 0 aliphatic carbocycles. The van der Waals surface area contributed by atoms with Crippen molar-refractivity contribution in [1.29, 1.82) is 0 Å². The molecule has 1 atom stereocenters. The molecule has 1 heterocycles. The minimum absolute atomic E-state index is 0.0946. The van der Waals surface area contributed by atoms with E-state index in [1.807, 2.05) is 13.0 Å². The van der Waals surface area contributed by atoms with Crippen molar-refractivity contribution in [2.75, 3.05) is 0 Å². The first-order chi connectivity index (χ1) is 8.18. The van der Waals surface area contributed by atoms with E-state index in [4.69, 9.17) is 4.42 Å². The van der Waals surface area contributed by atoms with Crippen LogP contribution in [-0.2, 0) is 6.54 Å². The number of aromatic hydroxyl groups is 2. The van der Waals surface area contributed by atoms with Crippen molar-refractivity contribution in [1.82, 2.24) is 5.32 Å². The predicted octanol–water partition coefficient (Wildman–Crippen LogP) is 2.54. The standard InChI is InChI=1S/C13H15NO3/c1-9(14-7-10-5-6-17-8-10)13-11(15)3-2-4-12(13)16/h2-6,8-9,14-16H,7H2,1H3. The number of rotatable bonds is 4. The smallest absolute Gasteiger partial charge is 0.124 e. The van der Waals surface area contributed by atoms with Crippen LogP contribution in [0.5, 0.6) is 11.5 Å². The van der Waals surface area contributed by atoms with Gasteiger partial charge in [0.1, 0.15) is 11.5 Å². The molecule has 4 heteroatoms. The molecule has 1 unspecified atom stereocenters. The number of hydrogen-bond donors (Lipinski definition) is 3. The zero-order valence-corrected chi connectivity index (χ0v) is 9.55. The van der Waals surface area contributed by atoms with E-state index in [9.17, 15) is 10.2 Å². The largest absolute Gasteiger partial charge is 0.507 e. The highest BCUT2D eigenvalue weighted by Gasteiger charge is 2.14. The summed E-state index contributed by atoms with van der Waals surface area (Å²) in [5.41, 5.74) is 1.53. The zero-order valence-electron chi connectivity index (χ0n) is 9.55. The molecule has 0 amide bonds. The molecule has 4 nitrogen and oxygen atoms in total. The second kappa shape index (κ2) is 4.93. The van der Waals surface area contributed by atoms with Crippen molar-refractivity contribution < 1.29 is 14.6 Å². The lowest BCUT2D eigenvalue weighted by Gasteiger charge is -2.16. The second-order valence-electron chi connectivity index (χ2n) is 3.94. The summed E-state index contributed by atoms with van der Waals surface area (Å²) in [5.74, 6) is 0.189. The van der Waals surface area contributed by atoms with E-state index in [1.165, 1.54) is 0 Å². The van der Waals surface area contributed by atoms with Crippen LogP contribution in [0.15, 0.2) is 41.2 Å². The normalized spacial score (nSPS) is 12.5. The van der Waals surface area contributed by atoms with Gasteiger partial charge in [0.05, 0.1) is 18.1 Å². The third kappa shape index (κ3) is 2.60. The van der Waals surface area contributed by atoms with Crippen molar-refractivity contribution in [2.24, 2.45) is 0 Å². The highest BCUT2D eigenvalue weighted by molar-refractivity contribution is 5.44. The van der Waals surface area contributed by atoms with Gasteiger partial charge in [-0.3, -0.25) is 0 Å². The van der Waals surface area contributed by atoms with Crippen LogP contribution in [0.1, 0.15) is 24.1 Å². The average molecular weight is 233 g/mol. The Labute approximate surface area is 99.5 Å². The molecule has 3 N–H and O–H groups in total. The fourth-order valence-electron chi connectivity index (χ4n) is 1.75. The Kier molecular flexibility index (Phi) is 3.35. The number of furan rings is 1. The SMILES string of the molecule is CC(NCc1ccoc1)c1c(O)cccc1O. The van der Waals surface area contributed by atoms with Crippen LogP contribution < -0.4 is 5.32 Å². The molecule has 2 aromatic rings. The third-order valence-corrected chi connectivity index (χ3v) is 2.69. The number of hydrogen-bond acceptors (Lipinski definition) is 4. The molecule has 0 aliphatic rings. The van der Waals surface area contributed by atoms with Crippen LogP contribution >= 0.6 is 0 Å². The quantitative estimate of drug-likeness (QED) is 0.759. The van der Waals surface area contributed by atoms with Gasteiger partial charge in [0, 0.05) is 18.2 Å². The van der Waals surface area contributed by atoms with Crippen molar-refractivity contribution in [3.8, 4) is 11.5 Å². The molecule has 0 saturated carbocycles. The molecule has 0 fully saturated rings. The highest BCUT2D eigenvalue weighted by atomic mass is 16.3. The first-order valence-corrected chi connectivity index (χ1v) is 5.44. The van der Waals surface area contributed by atoms with Crippen molar-refractivity contribution in [2.45, 2.75) is 19.5 Å². The average Bonchev–Trinajstić information content (AvgIpc) is 2.79. The Balaban J connectivity index is 2.07. The van der Waals surface area contributed by atoms with Crippen LogP contribution in [0.3, 0.4) is 0 Å². The molecule has 0 bridgehead atoms. The van der Waals surface area contributed by atoms with Gasteiger partial charge in [0.2, 0.25) is 0 Å². The van der Waals surface area contributed by atoms with Crippen molar-refractivity contribution >= 4 is 0 Å². The fraction of sp³-hybridized carbons (Fsp3) is 0.231. The zero-order chi connectivity index (χ0) is 12.3. The molecule has 0 aliphatic heterocycles. The lowest BCUT2D eigenvalue weighted by atomic mass is 10.1. The van der Waals surface area contributed by atoms with E-state index in [1.54, 1.807) is 30.7 Å². The number of nitrogens with one attached hydrogen (secondary N) is 1. The molecule has 2 rings (SSSR count). The summed E-state index contributed by atoms with van der Waals surface area (Å²) in [6, 6.07) is 6.45. The fourth-order valence-corrected chi connectivity index (χ4v) is 1.75. The summed E-state index contributed by atoms with van der Waals surface area (Å²) in [6.45, 7) is 2.50. The van der Waals surface area contributed by atoms with E-state index in [-0.39, 0.29) is 17.5 Å². The van der Waals surface area contributed by atoms with E-state index in [0.29, 0.717) is 12.1 Å². The number of benzene rings is 1. The lowest BCUT2D eigenvalue weighted by molar-refractivity contribution is 0.418. The molecule has 17 heavy (non-hydrogen) atoms. The van der Waals surface area contributed by atoms with E-state index in [0.717, 1.165) is 5.56 Å². The van der Waals surface area contributed by atoms with Crippen LogP contribution in [0, 0.1) is 0 Å². The molecule has 0 radical (unpaired) electrons. The van der Waals surface area contributed by atoms with Crippen LogP contribution in [0.2, 0.25) is 0 Å². The van der Waals surface area contributed by atoms with E-state index in [2.05, 4.69) is 5.32 Å². The van der Waals surface area contributed by atoms with Gasteiger partial charge < -0.3 is 19.9 Å². The minimum atomic E-state index is -0.147. The monoisotopic (exact) mass is 233 g/mol. The van der Waals surface area contributed by atoms with Gasteiger partial charge in [-0.15, -0.1) is 0 Å². The minimum Gasteiger partial charge on any atom is -0.507 e. The Hall–Kier alpha value is -1.94. The summed E-state index contributed by atoms with van der Waals surface area (Å²) in [6.07, 6.45) is 3.27. The topological polar surface area (TPSA) is 65.6 Å². The lowest BCUT2D eigenvalue weighted by Crippen LogP contribution is -2.17. The number of phenolic OH excluding ortho intramolecular Hbond substituents is 2. The summed E-state index contributed by atoms with van der Waals surface area (Å²) < 4.78 is 4.96. The highest BCUT2D eigenvalue weighted by Crippen LogP contribution is 2.32. The molecule has 1 aromatic carbocycles. The van der Waals surface area contributed by atoms with Gasteiger partial charge in [-0.05, 0) is 25.1 Å². The van der Waals surface area contributed by atoms with Crippen LogP contribution in [-0.4, -0.2) is 10.2 Å². The van der Waals surface area contributed by atoms with E-state index >= 15 is 0 Å². The Morgan fingerprint density at radius 3 is 2.53 bits per heavy atom. The summed E-state index contributed by atoms with van der Waals surface area (Å²) in [4.78, 5) is 0. The molecule has 0 spiro atoms. The third-order valence-electron chi connectivity index (χ3n) is 2.69. The first-order valence-electron chi connectivity index (χ1n) is 5.44. The van der Waals surface area contributed by atoms with Crippen molar-refractivity contribution in [3.63, 3.8) is 0 Å². The molecular weight excluding hydrogens is 218 g/mol. The summed E-state index contributed by atoms with van der Waals surface area (Å²) in [5, 5.41) is 22.6. The van der Waals surface area contributed by atoms with E-state index < -0.39 is 0 Å². The van der Waals surface area contributed by atoms with Gasteiger partial charge in [0.25, 0.3) is 0 Å². The maximum atomic E-state index is 9.70. The molecule has 0 saturated heterocycles. The molecule has 90 valence electrons. The summed E-state index contributed by atoms with van der Waals surface area (Å²) in [7, 11) is 0. The van der Waals surface area contributed by atoms with Gasteiger partial charge in [-0.2, -0.15) is 0 Å². The number of phenols is 2.